The van der Waals surface area contributed by atoms with Gasteiger partial charge in [-0.1, -0.05) is 63.8 Å². The molecule has 1 atom stereocenters. The van der Waals surface area contributed by atoms with Crippen LogP contribution in [-0.2, 0) is 13.2 Å². The molecule has 0 aliphatic rings. The number of benzene rings is 2. The standard InChI is InChI=1S/C23H28F3NO2.C10H12F6.C3H6N4.C3H4/c1-4-16(2)7-5-6-14-27(19-12-9-18(10-13-19)22(28)29)20-11-8-17(3)21(15-20)23(24,25)26;1-3-8(4-5-9(11,12)13)6-7(2)10(14,15)16;1-3-4-6-7(2)5-3;1-3-2/h8-13,15-16H,4-7,14H2,1-3H3,(H,28,29);4,6H,3,5H2,1-2H3;1-2H3;1H,2H3/b;7-6+,8-4-;;/t16-;;;/m1.../s1. The molecule has 3 rings (SSSR count). The van der Waals surface area contributed by atoms with E-state index in [9.17, 15) is 44.3 Å². The van der Waals surface area contributed by atoms with Crippen LogP contribution in [0.4, 0.5) is 50.9 Å². The van der Waals surface area contributed by atoms with Gasteiger partial charge in [-0.25, -0.2) is 4.79 Å². The fourth-order valence-electron chi connectivity index (χ4n) is 4.53. The molecule has 0 fully saturated rings. The van der Waals surface area contributed by atoms with Gasteiger partial charge in [0.1, 0.15) is 0 Å². The zero-order chi connectivity index (χ0) is 42.6. The molecule has 3 aromatic rings. The Balaban J connectivity index is 0.000000930. The third-order valence-corrected chi connectivity index (χ3v) is 7.75. The summed E-state index contributed by atoms with van der Waals surface area (Å²) >= 11 is 0. The SMILES string of the molecule is C#CC.CCC(=C/CC(F)(F)F)/C=C(\C)C(F)(F)F.CC[C@@H](C)CCCCN(c1ccc(C(=O)O)cc1)c1ccc(C)c(C(F)(F)F)c1.Cc1nnn(C)n1. The lowest BCUT2D eigenvalue weighted by Gasteiger charge is -2.27. The zero-order valence-corrected chi connectivity index (χ0v) is 32.3. The molecule has 0 amide bonds. The molecule has 0 bridgehead atoms. The van der Waals surface area contributed by atoms with Crippen LogP contribution in [0.15, 0.2) is 65.8 Å². The second-order valence-corrected chi connectivity index (χ2v) is 12.4. The number of aromatic carboxylic acids is 1. The molecule has 306 valence electrons. The first-order valence-electron chi connectivity index (χ1n) is 17.3. The summed E-state index contributed by atoms with van der Waals surface area (Å²) in [4.78, 5) is 14.4. The number of halogens is 9. The van der Waals surface area contributed by atoms with E-state index in [2.05, 4.69) is 41.6 Å². The minimum Gasteiger partial charge on any atom is -0.478 e. The Morgan fingerprint density at radius 2 is 1.55 bits per heavy atom. The summed E-state index contributed by atoms with van der Waals surface area (Å²) in [6.07, 6.45) is -4.28. The highest BCUT2D eigenvalue weighted by molar-refractivity contribution is 5.88. The van der Waals surface area contributed by atoms with Gasteiger partial charge in [0.05, 0.1) is 24.6 Å². The van der Waals surface area contributed by atoms with Gasteiger partial charge in [0.15, 0.2) is 5.82 Å². The fraction of sp³-hybridized carbons (Fsp3) is 0.487. The van der Waals surface area contributed by atoms with Crippen LogP contribution < -0.4 is 4.90 Å². The Labute approximate surface area is 317 Å². The summed E-state index contributed by atoms with van der Waals surface area (Å²) in [5, 5.41) is 20.1. The highest BCUT2D eigenvalue weighted by Crippen LogP contribution is 2.36. The molecular weight excluding hydrogens is 741 g/mol. The number of carboxylic acid groups (broad SMARTS) is 1. The predicted octanol–water partition coefficient (Wildman–Crippen LogP) is 12.0. The van der Waals surface area contributed by atoms with Crippen LogP contribution in [-0.4, -0.2) is 50.2 Å². The quantitative estimate of drug-likeness (QED) is 0.0851. The number of carbonyl (C=O) groups is 1. The number of allylic oxidation sites excluding steroid dienone is 4. The average molecular weight is 792 g/mol. The number of unbranched alkanes of at least 4 members (excludes halogenated alkanes) is 1. The van der Waals surface area contributed by atoms with Crippen molar-refractivity contribution in [2.45, 2.75) is 106 Å². The first kappa shape index (κ1) is 50.2. The second-order valence-electron chi connectivity index (χ2n) is 12.4. The van der Waals surface area contributed by atoms with E-state index in [4.69, 9.17) is 5.11 Å². The van der Waals surface area contributed by atoms with Gasteiger partial charge in [-0.15, -0.1) is 22.5 Å². The molecule has 0 aliphatic carbocycles. The molecule has 1 heterocycles. The molecule has 0 saturated carbocycles. The van der Waals surface area contributed by atoms with Gasteiger partial charge in [0.2, 0.25) is 0 Å². The van der Waals surface area contributed by atoms with Crippen LogP contribution in [0.1, 0.15) is 100 Å². The summed E-state index contributed by atoms with van der Waals surface area (Å²) in [6, 6.07) is 10.6. The molecule has 1 N–H and O–H groups in total. The average Bonchev–Trinajstić information content (AvgIpc) is 3.48. The highest BCUT2D eigenvalue weighted by atomic mass is 19.4. The van der Waals surface area contributed by atoms with Gasteiger partial charge in [0, 0.05) is 23.5 Å². The first-order valence-corrected chi connectivity index (χ1v) is 17.3. The largest absolute Gasteiger partial charge is 0.478 e. The van der Waals surface area contributed by atoms with Gasteiger partial charge < -0.3 is 10.0 Å². The van der Waals surface area contributed by atoms with Gasteiger partial charge in [-0.3, -0.25) is 0 Å². The van der Waals surface area contributed by atoms with E-state index < -0.39 is 42.1 Å². The van der Waals surface area contributed by atoms with Crippen molar-refractivity contribution in [1.82, 2.24) is 20.2 Å². The molecule has 2 aromatic carbocycles. The van der Waals surface area contributed by atoms with Crippen molar-refractivity contribution in [3.63, 3.8) is 0 Å². The minimum atomic E-state index is -4.49. The lowest BCUT2D eigenvalue weighted by atomic mass is 10.0. The molecule has 0 radical (unpaired) electrons. The van der Waals surface area contributed by atoms with Gasteiger partial charge >= 0.3 is 24.5 Å². The van der Waals surface area contributed by atoms with Crippen molar-refractivity contribution in [1.29, 1.82) is 0 Å². The molecular formula is C39H50F9N5O2. The van der Waals surface area contributed by atoms with Crippen LogP contribution in [0.5, 0.6) is 0 Å². The van der Waals surface area contributed by atoms with Crippen LogP contribution in [0.2, 0.25) is 0 Å². The maximum absolute atomic E-state index is 13.4. The second kappa shape index (κ2) is 23.9. The molecule has 1 aromatic heterocycles. The summed E-state index contributed by atoms with van der Waals surface area (Å²) < 4.78 is 112. The van der Waals surface area contributed by atoms with Crippen LogP contribution >= 0.6 is 0 Å². The predicted molar refractivity (Wildman–Crippen MR) is 197 cm³/mol. The summed E-state index contributed by atoms with van der Waals surface area (Å²) in [5.41, 5.74) is -0.0636. The van der Waals surface area contributed by atoms with Crippen molar-refractivity contribution in [2.24, 2.45) is 13.0 Å². The van der Waals surface area contributed by atoms with E-state index in [1.807, 2.05) is 4.90 Å². The molecule has 55 heavy (non-hydrogen) atoms. The first-order chi connectivity index (χ1) is 25.4. The molecule has 0 saturated heterocycles. The molecule has 7 nitrogen and oxygen atoms in total. The third-order valence-electron chi connectivity index (χ3n) is 7.75. The number of rotatable bonds is 12. The highest BCUT2D eigenvalue weighted by Gasteiger charge is 2.33. The number of carboxylic acids is 1. The third kappa shape index (κ3) is 21.0. The molecule has 0 aliphatic heterocycles. The van der Waals surface area contributed by atoms with E-state index in [-0.39, 0.29) is 23.1 Å². The topological polar surface area (TPSA) is 84.1 Å². The Hall–Kier alpha value is -4.81. The Bertz CT molecular complexity index is 1670. The number of nitrogens with zero attached hydrogens (tertiary/aromatic N) is 5. The number of aromatic nitrogens is 4. The van der Waals surface area contributed by atoms with Crippen molar-refractivity contribution >= 4 is 17.3 Å². The van der Waals surface area contributed by atoms with E-state index in [0.29, 0.717) is 29.7 Å². The number of alkyl halides is 9. The van der Waals surface area contributed by atoms with Crippen LogP contribution in [0.3, 0.4) is 0 Å². The van der Waals surface area contributed by atoms with Crippen molar-refractivity contribution < 1.29 is 49.4 Å². The number of aryl methyl sites for hydroxylation is 3. The maximum atomic E-state index is 13.4. The van der Waals surface area contributed by atoms with E-state index in [1.165, 1.54) is 42.9 Å². The van der Waals surface area contributed by atoms with Crippen LogP contribution in [0, 0.1) is 32.1 Å². The number of anilines is 2. The summed E-state index contributed by atoms with van der Waals surface area (Å²) in [7, 11) is 1.74. The lowest BCUT2D eigenvalue weighted by molar-refractivity contribution is -0.138. The number of hydrogen-bond donors (Lipinski definition) is 1. The number of hydrogen-bond acceptors (Lipinski definition) is 5. The smallest absolute Gasteiger partial charge is 0.416 e. The monoisotopic (exact) mass is 791 g/mol. The summed E-state index contributed by atoms with van der Waals surface area (Å²) in [6.45, 7) is 12.1. The molecule has 16 heteroatoms. The fourth-order valence-corrected chi connectivity index (χ4v) is 4.53. The lowest BCUT2D eigenvalue weighted by Crippen LogP contribution is -2.20. The minimum absolute atomic E-state index is 0.0344. The molecule has 0 spiro atoms. The molecule has 0 unspecified atom stereocenters. The van der Waals surface area contributed by atoms with Crippen molar-refractivity contribution in [3.05, 3.63) is 88.3 Å². The van der Waals surface area contributed by atoms with Gasteiger partial charge in [-0.2, -0.15) is 44.3 Å². The normalized spacial score (nSPS) is 12.5. The van der Waals surface area contributed by atoms with Gasteiger partial charge in [0.25, 0.3) is 0 Å². The number of tetrazole rings is 1. The summed E-state index contributed by atoms with van der Waals surface area (Å²) in [5.74, 6) is 2.54. The van der Waals surface area contributed by atoms with Crippen molar-refractivity contribution in [3.8, 4) is 12.3 Å². The Kier molecular flexibility index (Phi) is 21.8. The van der Waals surface area contributed by atoms with Gasteiger partial charge in [-0.05, 0) is 93.6 Å². The van der Waals surface area contributed by atoms with Crippen LogP contribution in [0.25, 0.3) is 0 Å². The Morgan fingerprint density at radius 1 is 0.982 bits per heavy atom. The maximum Gasteiger partial charge on any atom is 0.416 e. The van der Waals surface area contributed by atoms with E-state index >= 15 is 0 Å². The van der Waals surface area contributed by atoms with E-state index in [1.54, 1.807) is 39.1 Å². The Morgan fingerprint density at radius 3 is 1.95 bits per heavy atom. The number of terminal acetylenes is 1. The van der Waals surface area contributed by atoms with E-state index in [0.717, 1.165) is 44.8 Å². The zero-order valence-electron chi connectivity index (χ0n) is 32.3. The van der Waals surface area contributed by atoms with Crippen molar-refractivity contribution in [2.75, 3.05) is 11.4 Å².